The summed E-state index contributed by atoms with van der Waals surface area (Å²) in [6.07, 6.45) is 0.803. The molecule has 6 nitrogen and oxygen atoms in total. The average Bonchev–Trinajstić information content (AvgIpc) is 3.03. The molecule has 120 valence electrons. The normalized spacial score (nSPS) is 11.4. The lowest BCUT2D eigenvalue weighted by Crippen LogP contribution is -2.02. The standard InChI is InChI=1S/C17H21N5O/c1-10(2)6-15-18-16(17-20-19-13(5)23-17)22(21-15)14-8-11(3)7-12(4)9-14/h7-10H,6H2,1-5H3. The predicted octanol–water partition coefficient (Wildman–Crippen LogP) is 3.44. The molecule has 0 atom stereocenters. The second-order valence-electron chi connectivity index (χ2n) is 6.33. The maximum absolute atomic E-state index is 5.56. The maximum atomic E-state index is 5.56. The Morgan fingerprint density at radius 1 is 1.04 bits per heavy atom. The average molecular weight is 311 g/mol. The number of hydrogen-bond acceptors (Lipinski definition) is 5. The molecule has 0 spiro atoms. The van der Waals surface area contributed by atoms with Crippen molar-refractivity contribution in [3.63, 3.8) is 0 Å². The Morgan fingerprint density at radius 2 is 1.74 bits per heavy atom. The molecule has 0 radical (unpaired) electrons. The van der Waals surface area contributed by atoms with Gasteiger partial charge in [0.1, 0.15) is 0 Å². The first kappa shape index (κ1) is 15.4. The van der Waals surface area contributed by atoms with Gasteiger partial charge >= 0.3 is 0 Å². The van der Waals surface area contributed by atoms with Gasteiger partial charge < -0.3 is 4.42 Å². The fraction of sp³-hybridized carbons (Fsp3) is 0.412. The number of hydrogen-bond donors (Lipinski definition) is 0. The van der Waals surface area contributed by atoms with Crippen LogP contribution < -0.4 is 0 Å². The van der Waals surface area contributed by atoms with Gasteiger partial charge in [0.25, 0.3) is 5.89 Å². The van der Waals surface area contributed by atoms with Crippen molar-refractivity contribution in [2.75, 3.05) is 0 Å². The summed E-state index contributed by atoms with van der Waals surface area (Å²) in [4.78, 5) is 4.63. The SMILES string of the molecule is Cc1cc(C)cc(-n2nc(CC(C)C)nc2-c2nnc(C)o2)c1. The molecule has 6 heteroatoms. The first-order valence-electron chi connectivity index (χ1n) is 7.77. The van der Waals surface area contributed by atoms with Crippen LogP contribution in [0.25, 0.3) is 17.4 Å². The highest BCUT2D eigenvalue weighted by Crippen LogP contribution is 2.22. The minimum atomic E-state index is 0.393. The molecule has 0 unspecified atom stereocenters. The van der Waals surface area contributed by atoms with Crippen molar-refractivity contribution in [1.29, 1.82) is 0 Å². The van der Waals surface area contributed by atoms with E-state index in [1.165, 1.54) is 11.1 Å². The quantitative estimate of drug-likeness (QED) is 0.738. The van der Waals surface area contributed by atoms with E-state index in [9.17, 15) is 0 Å². The third-order valence-corrected chi connectivity index (χ3v) is 3.41. The molecule has 0 saturated heterocycles. The molecule has 2 aromatic heterocycles. The number of nitrogens with zero attached hydrogens (tertiary/aromatic N) is 5. The van der Waals surface area contributed by atoms with Gasteiger partial charge in [0.15, 0.2) is 5.82 Å². The first-order chi connectivity index (χ1) is 10.9. The van der Waals surface area contributed by atoms with Crippen molar-refractivity contribution < 1.29 is 4.42 Å². The number of aryl methyl sites for hydroxylation is 3. The van der Waals surface area contributed by atoms with Crippen molar-refractivity contribution in [1.82, 2.24) is 25.0 Å². The Morgan fingerprint density at radius 3 is 2.30 bits per heavy atom. The second-order valence-corrected chi connectivity index (χ2v) is 6.33. The minimum Gasteiger partial charge on any atom is -0.418 e. The van der Waals surface area contributed by atoms with Crippen molar-refractivity contribution in [3.05, 3.63) is 41.0 Å². The third-order valence-electron chi connectivity index (χ3n) is 3.41. The van der Waals surface area contributed by atoms with Crippen LogP contribution in [0.2, 0.25) is 0 Å². The summed E-state index contributed by atoms with van der Waals surface area (Å²) < 4.78 is 7.36. The number of rotatable bonds is 4. The minimum absolute atomic E-state index is 0.393. The summed E-state index contributed by atoms with van der Waals surface area (Å²) in [6.45, 7) is 10.2. The molecule has 1 aromatic carbocycles. The van der Waals surface area contributed by atoms with E-state index >= 15 is 0 Å². The predicted molar refractivity (Wildman–Crippen MR) is 87.4 cm³/mol. The molecule has 0 saturated carbocycles. The van der Waals surface area contributed by atoms with Crippen LogP contribution in [0.4, 0.5) is 0 Å². The van der Waals surface area contributed by atoms with Crippen LogP contribution in [0.1, 0.15) is 36.7 Å². The van der Waals surface area contributed by atoms with Gasteiger partial charge in [-0.1, -0.05) is 19.9 Å². The fourth-order valence-electron chi connectivity index (χ4n) is 2.58. The molecule has 0 bridgehead atoms. The van der Waals surface area contributed by atoms with E-state index in [1.54, 1.807) is 11.6 Å². The highest BCUT2D eigenvalue weighted by molar-refractivity contribution is 5.49. The molecular formula is C17H21N5O. The van der Waals surface area contributed by atoms with E-state index in [-0.39, 0.29) is 0 Å². The van der Waals surface area contributed by atoms with Gasteiger partial charge in [0.2, 0.25) is 11.7 Å². The molecule has 0 aliphatic rings. The van der Waals surface area contributed by atoms with Crippen LogP contribution in [-0.4, -0.2) is 25.0 Å². The summed E-state index contributed by atoms with van der Waals surface area (Å²) in [7, 11) is 0. The van der Waals surface area contributed by atoms with E-state index in [0.29, 0.717) is 23.5 Å². The zero-order valence-corrected chi connectivity index (χ0v) is 14.2. The van der Waals surface area contributed by atoms with Gasteiger partial charge in [0, 0.05) is 13.3 Å². The van der Waals surface area contributed by atoms with Crippen molar-refractivity contribution in [2.24, 2.45) is 5.92 Å². The van der Waals surface area contributed by atoms with Crippen molar-refractivity contribution in [3.8, 4) is 17.4 Å². The van der Waals surface area contributed by atoms with Crippen LogP contribution in [-0.2, 0) is 6.42 Å². The zero-order chi connectivity index (χ0) is 16.6. The summed E-state index contributed by atoms with van der Waals surface area (Å²) in [6, 6.07) is 6.28. The fourth-order valence-corrected chi connectivity index (χ4v) is 2.58. The summed E-state index contributed by atoms with van der Waals surface area (Å²) >= 11 is 0. The summed E-state index contributed by atoms with van der Waals surface area (Å²) in [5.74, 6) is 2.75. The van der Waals surface area contributed by atoms with E-state index < -0.39 is 0 Å². The van der Waals surface area contributed by atoms with Crippen LogP contribution in [0, 0.1) is 26.7 Å². The first-order valence-corrected chi connectivity index (χ1v) is 7.77. The van der Waals surface area contributed by atoms with Crippen molar-refractivity contribution in [2.45, 2.75) is 41.0 Å². The highest BCUT2D eigenvalue weighted by Gasteiger charge is 2.19. The molecular weight excluding hydrogens is 290 g/mol. The number of benzene rings is 1. The van der Waals surface area contributed by atoms with E-state index in [1.807, 2.05) is 0 Å². The topological polar surface area (TPSA) is 69.6 Å². The van der Waals surface area contributed by atoms with Gasteiger partial charge in [-0.25, -0.2) is 9.67 Å². The molecule has 3 aromatic rings. The van der Waals surface area contributed by atoms with E-state index in [0.717, 1.165) is 17.9 Å². The van der Waals surface area contributed by atoms with Gasteiger partial charge in [-0.05, 0) is 43.0 Å². The lowest BCUT2D eigenvalue weighted by Gasteiger charge is -2.06. The van der Waals surface area contributed by atoms with Gasteiger partial charge in [-0.3, -0.25) is 0 Å². The van der Waals surface area contributed by atoms with E-state index in [4.69, 9.17) is 4.42 Å². The molecule has 2 heterocycles. The summed E-state index contributed by atoms with van der Waals surface area (Å²) in [5, 5.41) is 12.7. The monoisotopic (exact) mass is 311 g/mol. The largest absolute Gasteiger partial charge is 0.418 e. The van der Waals surface area contributed by atoms with Crippen LogP contribution >= 0.6 is 0 Å². The smallest absolute Gasteiger partial charge is 0.285 e. The second kappa shape index (κ2) is 5.95. The molecule has 3 rings (SSSR count). The highest BCUT2D eigenvalue weighted by atomic mass is 16.4. The third kappa shape index (κ3) is 3.31. The van der Waals surface area contributed by atoms with Crippen LogP contribution in [0.5, 0.6) is 0 Å². The molecule has 0 amide bonds. The van der Waals surface area contributed by atoms with E-state index in [2.05, 4.69) is 66.2 Å². The van der Waals surface area contributed by atoms with Crippen LogP contribution in [0.3, 0.4) is 0 Å². The molecule has 23 heavy (non-hydrogen) atoms. The Kier molecular flexibility index (Phi) is 3.98. The van der Waals surface area contributed by atoms with Gasteiger partial charge in [0.05, 0.1) is 5.69 Å². The maximum Gasteiger partial charge on any atom is 0.285 e. The van der Waals surface area contributed by atoms with Gasteiger partial charge in [-0.2, -0.15) is 5.10 Å². The Bertz CT molecular complexity index is 811. The van der Waals surface area contributed by atoms with Gasteiger partial charge in [-0.15, -0.1) is 10.2 Å². The molecule has 0 N–H and O–H groups in total. The Balaban J connectivity index is 2.15. The molecule has 0 aliphatic carbocycles. The zero-order valence-electron chi connectivity index (χ0n) is 14.2. The summed E-state index contributed by atoms with van der Waals surface area (Å²) in [5.41, 5.74) is 3.30. The molecule has 0 aliphatic heterocycles. The lowest BCUT2D eigenvalue weighted by atomic mass is 10.1. The van der Waals surface area contributed by atoms with Crippen LogP contribution in [0.15, 0.2) is 22.6 Å². The Labute approximate surface area is 135 Å². The molecule has 0 fully saturated rings. The lowest BCUT2D eigenvalue weighted by molar-refractivity contribution is 0.526. The Hall–Kier alpha value is -2.50. The van der Waals surface area contributed by atoms with Crippen molar-refractivity contribution >= 4 is 0 Å². The number of aromatic nitrogens is 5.